The lowest BCUT2D eigenvalue weighted by molar-refractivity contribution is -0.499. The molecule has 156 valence electrons. The SMILES string of the molecule is COc1ccc(NCC(c2ccccc2)/[N+]([O-])=C/c2ccc(OC)c(OC)c2)cc1. The summed E-state index contributed by atoms with van der Waals surface area (Å²) in [5.41, 5.74) is 2.56. The highest BCUT2D eigenvalue weighted by atomic mass is 16.5. The van der Waals surface area contributed by atoms with Crippen LogP contribution in [0.2, 0.25) is 0 Å². The summed E-state index contributed by atoms with van der Waals surface area (Å²) < 4.78 is 16.8. The van der Waals surface area contributed by atoms with E-state index in [4.69, 9.17) is 14.2 Å². The first-order valence-corrected chi connectivity index (χ1v) is 9.60. The largest absolute Gasteiger partial charge is 0.623 e. The van der Waals surface area contributed by atoms with Gasteiger partial charge in [0, 0.05) is 16.8 Å². The third kappa shape index (κ3) is 5.23. The van der Waals surface area contributed by atoms with Gasteiger partial charge in [-0.3, -0.25) is 0 Å². The van der Waals surface area contributed by atoms with Gasteiger partial charge in [-0.15, -0.1) is 0 Å². The molecule has 0 radical (unpaired) electrons. The summed E-state index contributed by atoms with van der Waals surface area (Å²) in [6, 6.07) is 22.3. The second-order valence-electron chi connectivity index (χ2n) is 6.64. The Bertz CT molecular complexity index is 972. The van der Waals surface area contributed by atoms with E-state index in [1.165, 1.54) is 0 Å². The van der Waals surface area contributed by atoms with Gasteiger partial charge in [-0.25, -0.2) is 4.74 Å². The number of rotatable bonds is 9. The van der Waals surface area contributed by atoms with Crippen LogP contribution in [0, 0.1) is 5.21 Å². The lowest BCUT2D eigenvalue weighted by atomic mass is 10.1. The molecule has 6 nitrogen and oxygen atoms in total. The molecule has 3 rings (SSSR count). The number of hydrogen-bond donors (Lipinski definition) is 1. The third-order valence-corrected chi connectivity index (χ3v) is 4.76. The van der Waals surface area contributed by atoms with E-state index in [9.17, 15) is 5.21 Å². The van der Waals surface area contributed by atoms with E-state index in [1.807, 2.05) is 60.7 Å². The summed E-state index contributed by atoms with van der Waals surface area (Å²) in [6.45, 7) is 0.434. The van der Waals surface area contributed by atoms with Crippen LogP contribution in [0.3, 0.4) is 0 Å². The van der Waals surface area contributed by atoms with E-state index >= 15 is 0 Å². The first-order valence-electron chi connectivity index (χ1n) is 9.60. The maximum Gasteiger partial charge on any atom is 0.205 e. The van der Waals surface area contributed by atoms with Crippen LogP contribution in [-0.4, -0.2) is 38.8 Å². The van der Waals surface area contributed by atoms with Crippen LogP contribution < -0.4 is 19.5 Å². The average molecular weight is 406 g/mol. The van der Waals surface area contributed by atoms with E-state index in [0.717, 1.165) is 27.3 Å². The van der Waals surface area contributed by atoms with Crippen molar-refractivity contribution in [2.75, 3.05) is 33.2 Å². The second-order valence-corrected chi connectivity index (χ2v) is 6.64. The summed E-state index contributed by atoms with van der Waals surface area (Å²) in [6.07, 6.45) is 1.56. The van der Waals surface area contributed by atoms with Crippen LogP contribution in [-0.2, 0) is 0 Å². The molecule has 0 bridgehead atoms. The molecule has 3 aromatic rings. The first kappa shape index (κ1) is 21.0. The number of ether oxygens (including phenoxy) is 3. The topological polar surface area (TPSA) is 65.8 Å². The molecule has 6 heteroatoms. The molecule has 1 atom stereocenters. The molecule has 0 spiro atoms. The van der Waals surface area contributed by atoms with Gasteiger partial charge in [0.1, 0.15) is 5.75 Å². The summed E-state index contributed by atoms with van der Waals surface area (Å²) in [4.78, 5) is 0. The average Bonchev–Trinajstić information content (AvgIpc) is 2.80. The number of anilines is 1. The zero-order valence-corrected chi connectivity index (χ0v) is 17.4. The Hall–Kier alpha value is -3.67. The Balaban J connectivity index is 1.85. The van der Waals surface area contributed by atoms with Gasteiger partial charge in [-0.2, -0.15) is 0 Å². The van der Waals surface area contributed by atoms with Crippen molar-refractivity contribution in [2.24, 2.45) is 0 Å². The molecule has 0 heterocycles. The van der Waals surface area contributed by atoms with E-state index in [-0.39, 0.29) is 0 Å². The van der Waals surface area contributed by atoms with Crippen LogP contribution in [0.15, 0.2) is 72.8 Å². The quantitative estimate of drug-likeness (QED) is 0.245. The van der Waals surface area contributed by atoms with Crippen LogP contribution >= 0.6 is 0 Å². The third-order valence-electron chi connectivity index (χ3n) is 4.76. The highest BCUT2D eigenvalue weighted by Gasteiger charge is 2.19. The molecule has 0 aliphatic rings. The molecule has 0 fully saturated rings. The van der Waals surface area contributed by atoms with Crippen molar-refractivity contribution in [2.45, 2.75) is 6.04 Å². The highest BCUT2D eigenvalue weighted by molar-refractivity contribution is 5.77. The van der Waals surface area contributed by atoms with Gasteiger partial charge in [0.05, 0.1) is 27.9 Å². The highest BCUT2D eigenvalue weighted by Crippen LogP contribution is 2.27. The van der Waals surface area contributed by atoms with Gasteiger partial charge in [0.15, 0.2) is 17.7 Å². The van der Waals surface area contributed by atoms with E-state index in [0.29, 0.717) is 18.0 Å². The predicted molar refractivity (Wildman–Crippen MR) is 119 cm³/mol. The summed E-state index contributed by atoms with van der Waals surface area (Å²) in [5, 5.41) is 16.5. The van der Waals surface area contributed by atoms with E-state index in [2.05, 4.69) is 5.32 Å². The maximum absolute atomic E-state index is 13.1. The molecular formula is C24H26N2O4. The molecule has 0 aliphatic heterocycles. The van der Waals surface area contributed by atoms with Crippen LogP contribution in [0.5, 0.6) is 17.2 Å². The van der Waals surface area contributed by atoms with Crippen molar-refractivity contribution in [1.29, 1.82) is 0 Å². The van der Waals surface area contributed by atoms with E-state index < -0.39 is 6.04 Å². The summed E-state index contributed by atoms with van der Waals surface area (Å²) in [7, 11) is 4.78. The number of hydroxylamine groups is 1. The zero-order chi connectivity index (χ0) is 21.3. The molecule has 0 amide bonds. The molecule has 0 aromatic heterocycles. The van der Waals surface area contributed by atoms with Gasteiger partial charge in [0.25, 0.3) is 0 Å². The fraction of sp³-hybridized carbons (Fsp3) is 0.208. The lowest BCUT2D eigenvalue weighted by Gasteiger charge is -2.19. The number of hydrogen-bond acceptors (Lipinski definition) is 5. The maximum atomic E-state index is 13.1. The molecule has 0 saturated heterocycles. The first-order chi connectivity index (χ1) is 14.6. The van der Waals surface area contributed by atoms with Crippen molar-refractivity contribution < 1.29 is 18.9 Å². The lowest BCUT2D eigenvalue weighted by Crippen LogP contribution is -2.23. The van der Waals surface area contributed by atoms with Gasteiger partial charge in [0.2, 0.25) is 6.04 Å². The fourth-order valence-electron chi connectivity index (χ4n) is 3.12. The minimum atomic E-state index is -0.415. The van der Waals surface area contributed by atoms with Gasteiger partial charge < -0.3 is 24.7 Å². The molecule has 0 saturated carbocycles. The fourth-order valence-corrected chi connectivity index (χ4v) is 3.12. The number of benzene rings is 3. The normalized spacial score (nSPS) is 12.2. The van der Waals surface area contributed by atoms with Gasteiger partial charge in [-0.05, 0) is 42.5 Å². The Kier molecular flexibility index (Phi) is 7.16. The van der Waals surface area contributed by atoms with Crippen LogP contribution in [0.25, 0.3) is 0 Å². The van der Waals surface area contributed by atoms with Gasteiger partial charge >= 0.3 is 0 Å². The van der Waals surface area contributed by atoms with Crippen molar-refractivity contribution in [3.05, 3.63) is 89.1 Å². The molecule has 30 heavy (non-hydrogen) atoms. The Labute approximate surface area is 176 Å². The Morgan fingerprint density at radius 2 is 1.57 bits per heavy atom. The van der Waals surface area contributed by atoms with Crippen LogP contribution in [0.1, 0.15) is 17.2 Å². The van der Waals surface area contributed by atoms with Gasteiger partial charge in [-0.1, -0.05) is 30.3 Å². The second kappa shape index (κ2) is 10.2. The smallest absolute Gasteiger partial charge is 0.205 e. The molecule has 3 aromatic carbocycles. The van der Waals surface area contributed by atoms with Crippen molar-refractivity contribution >= 4 is 11.9 Å². The van der Waals surface area contributed by atoms with Crippen LogP contribution in [0.4, 0.5) is 5.69 Å². The van der Waals surface area contributed by atoms with Crippen molar-refractivity contribution in [3.63, 3.8) is 0 Å². The van der Waals surface area contributed by atoms with E-state index in [1.54, 1.807) is 39.7 Å². The Morgan fingerprint density at radius 3 is 2.20 bits per heavy atom. The minimum absolute atomic E-state index is 0.415. The summed E-state index contributed by atoms with van der Waals surface area (Å²) in [5.74, 6) is 1.98. The summed E-state index contributed by atoms with van der Waals surface area (Å²) >= 11 is 0. The van der Waals surface area contributed by atoms with Crippen molar-refractivity contribution in [1.82, 2.24) is 0 Å². The molecule has 0 aliphatic carbocycles. The standard InChI is InChI=1S/C24H26N2O4/c1-28-21-12-10-20(11-13-21)25-16-22(19-7-5-4-6-8-19)26(27)17-18-9-14-23(29-2)24(15-18)30-3/h4-15,17,22,25H,16H2,1-3H3/b26-17-. The molecule has 1 unspecified atom stereocenters. The number of nitrogens with zero attached hydrogens (tertiary/aromatic N) is 1. The number of nitrogens with one attached hydrogen (secondary N) is 1. The molecule has 1 N–H and O–H groups in total. The predicted octanol–water partition coefficient (Wildman–Crippen LogP) is 4.50. The number of methoxy groups -OCH3 is 3. The van der Waals surface area contributed by atoms with Crippen molar-refractivity contribution in [3.8, 4) is 17.2 Å². The monoisotopic (exact) mass is 406 g/mol. The zero-order valence-electron chi connectivity index (χ0n) is 17.4. The molecular weight excluding hydrogens is 380 g/mol. The minimum Gasteiger partial charge on any atom is -0.623 e. The Morgan fingerprint density at radius 1 is 0.867 bits per heavy atom.